The summed E-state index contributed by atoms with van der Waals surface area (Å²) in [7, 11) is -17.5. The summed E-state index contributed by atoms with van der Waals surface area (Å²) >= 11 is 0. The Labute approximate surface area is 211 Å². The molecular formula is C16H45LiO7Si7. The molecule has 0 fully saturated rings. The van der Waals surface area contributed by atoms with E-state index >= 15 is 0 Å². The van der Waals surface area contributed by atoms with E-state index in [0.717, 1.165) is 0 Å². The van der Waals surface area contributed by atoms with Gasteiger partial charge in [-0.25, -0.2) is 0 Å². The van der Waals surface area contributed by atoms with Gasteiger partial charge in [0.2, 0.25) is 0 Å². The van der Waals surface area contributed by atoms with Gasteiger partial charge in [0.05, 0.1) is 8.56 Å². The molecule has 180 valence electrons. The normalized spacial score (nSPS) is 14.9. The maximum atomic E-state index is 12.1. The molecule has 0 aliphatic carbocycles. The summed E-state index contributed by atoms with van der Waals surface area (Å²) in [6.45, 7) is 31.4. The molecule has 0 saturated heterocycles. The Morgan fingerprint density at radius 2 is 0.710 bits per heavy atom. The third-order valence-electron chi connectivity index (χ3n) is 3.46. The molecule has 0 heterocycles. The molecule has 0 spiro atoms. The Morgan fingerprint density at radius 1 is 0.484 bits per heavy atom. The Balaban J connectivity index is 0. The van der Waals surface area contributed by atoms with Crippen LogP contribution >= 0.6 is 0 Å². The van der Waals surface area contributed by atoms with E-state index in [1.54, 1.807) is 13.1 Å². The van der Waals surface area contributed by atoms with E-state index in [0.29, 0.717) is 0 Å². The zero-order valence-corrected chi connectivity index (χ0v) is 29.6. The summed E-state index contributed by atoms with van der Waals surface area (Å²) in [6.07, 6.45) is 0. The average Bonchev–Trinajstić information content (AvgIpc) is 2.26. The van der Waals surface area contributed by atoms with Gasteiger partial charge in [0.15, 0.2) is 8.32 Å². The van der Waals surface area contributed by atoms with Gasteiger partial charge in [-0.1, -0.05) is 18.8 Å². The summed E-state index contributed by atoms with van der Waals surface area (Å²) in [5.41, 5.74) is 1.92. The molecule has 0 saturated carbocycles. The van der Waals surface area contributed by atoms with Gasteiger partial charge in [0.25, 0.3) is 0 Å². The fraction of sp³-hybridized carbons (Fsp3) is 0.875. The van der Waals surface area contributed by atoms with Crippen molar-refractivity contribution in [1.82, 2.24) is 0 Å². The molecule has 0 N–H and O–H groups in total. The first-order valence-corrected chi connectivity index (χ1v) is 30.2. The quantitative estimate of drug-likeness (QED) is 0.321. The average molecular weight is 553 g/mol. The van der Waals surface area contributed by atoms with Crippen molar-refractivity contribution in [1.29, 1.82) is 0 Å². The van der Waals surface area contributed by atoms with Crippen LogP contribution in [0.4, 0.5) is 0 Å². The first-order valence-electron chi connectivity index (χ1n) is 10.4. The first kappa shape index (κ1) is 34.7. The van der Waals surface area contributed by atoms with E-state index in [1.807, 2.05) is 58.1 Å². The Kier molecular flexibility index (Phi) is 12.9. The zero-order chi connectivity index (χ0) is 24.4. The third kappa shape index (κ3) is 16.8. The molecule has 0 bridgehead atoms. The van der Waals surface area contributed by atoms with Crippen molar-refractivity contribution in [2.75, 3.05) is 0 Å². The van der Waals surface area contributed by atoms with Crippen molar-refractivity contribution in [2.24, 2.45) is 0 Å². The van der Waals surface area contributed by atoms with Crippen LogP contribution in [0.2, 0.25) is 91.7 Å². The molecule has 0 amide bonds. The molecule has 0 rings (SSSR count). The van der Waals surface area contributed by atoms with Gasteiger partial charge in [-0.2, -0.15) is 0 Å². The SMILES string of the molecule is C=C[Si](C)(C)O[Si](C)(C)O[Si](C)(C)O[Si](C)(C)O[Si](C)(C)O[Si](C)(C)O[Si](C)(C)[O-].[Li+]. The number of rotatable bonds is 13. The van der Waals surface area contributed by atoms with Crippen LogP contribution in [0, 0.1) is 0 Å². The summed E-state index contributed by atoms with van der Waals surface area (Å²) in [4.78, 5) is 12.1. The van der Waals surface area contributed by atoms with Crippen LogP contribution in [0.15, 0.2) is 12.3 Å². The van der Waals surface area contributed by atoms with Crippen LogP contribution in [0.5, 0.6) is 0 Å². The van der Waals surface area contributed by atoms with Crippen LogP contribution in [-0.4, -0.2) is 59.7 Å². The van der Waals surface area contributed by atoms with Crippen LogP contribution in [0.3, 0.4) is 0 Å². The second-order valence-corrected chi connectivity index (χ2v) is 36.1. The van der Waals surface area contributed by atoms with E-state index in [2.05, 4.69) is 32.8 Å². The van der Waals surface area contributed by atoms with Gasteiger partial charge < -0.3 is 29.5 Å². The fourth-order valence-electron chi connectivity index (χ4n) is 3.74. The van der Waals surface area contributed by atoms with E-state index in [4.69, 9.17) is 24.7 Å². The predicted octanol–water partition coefficient (Wildman–Crippen LogP) is 1.59. The minimum Gasteiger partial charge on any atom is -0.839 e. The molecule has 0 aromatic heterocycles. The second-order valence-electron chi connectivity index (χ2n) is 10.8. The van der Waals surface area contributed by atoms with Crippen LogP contribution in [-0.2, 0) is 24.7 Å². The van der Waals surface area contributed by atoms with Crippen molar-refractivity contribution in [2.45, 2.75) is 91.7 Å². The number of hydrogen-bond donors (Lipinski definition) is 0. The van der Waals surface area contributed by atoms with E-state index in [-0.39, 0.29) is 18.9 Å². The molecule has 0 aromatic rings. The van der Waals surface area contributed by atoms with Gasteiger partial charge >= 0.3 is 61.7 Å². The van der Waals surface area contributed by atoms with Gasteiger partial charge in [-0.3, -0.25) is 0 Å². The zero-order valence-electron chi connectivity index (χ0n) is 22.6. The monoisotopic (exact) mass is 552 g/mol. The largest absolute Gasteiger partial charge is 1.00 e. The molecule has 0 radical (unpaired) electrons. The maximum absolute atomic E-state index is 12.1. The van der Waals surface area contributed by atoms with Crippen LogP contribution < -0.4 is 23.7 Å². The smallest absolute Gasteiger partial charge is 0.839 e. The fourth-order valence-corrected chi connectivity index (χ4v) is 35.5. The first-order chi connectivity index (χ1) is 12.8. The maximum Gasteiger partial charge on any atom is 1.00 e. The third-order valence-corrected chi connectivity index (χ3v) is 28.2. The number of hydrogen-bond acceptors (Lipinski definition) is 7. The summed E-state index contributed by atoms with van der Waals surface area (Å²) < 4.78 is 37.9. The van der Waals surface area contributed by atoms with Crippen molar-refractivity contribution in [3.8, 4) is 0 Å². The van der Waals surface area contributed by atoms with Gasteiger partial charge in [-0.05, 0) is 78.6 Å². The van der Waals surface area contributed by atoms with Crippen molar-refractivity contribution >= 4 is 59.7 Å². The van der Waals surface area contributed by atoms with Crippen molar-refractivity contribution in [3.63, 3.8) is 0 Å². The summed E-state index contributed by atoms with van der Waals surface area (Å²) in [5.74, 6) is 0. The van der Waals surface area contributed by atoms with E-state index in [1.165, 1.54) is 0 Å². The molecule has 31 heavy (non-hydrogen) atoms. The summed E-state index contributed by atoms with van der Waals surface area (Å²) in [5, 5.41) is 0. The van der Waals surface area contributed by atoms with Crippen LogP contribution in [0.1, 0.15) is 0 Å². The van der Waals surface area contributed by atoms with Crippen molar-refractivity contribution < 1.29 is 48.3 Å². The van der Waals surface area contributed by atoms with Crippen LogP contribution in [0.25, 0.3) is 0 Å². The Bertz CT molecular complexity index is 593. The molecule has 0 aliphatic heterocycles. The van der Waals surface area contributed by atoms with Gasteiger partial charge in [0.1, 0.15) is 0 Å². The Hall–Kier alpha value is 1.58. The second kappa shape index (κ2) is 11.5. The molecule has 0 atom stereocenters. The molecular weight excluding hydrogens is 508 g/mol. The van der Waals surface area contributed by atoms with Crippen molar-refractivity contribution in [3.05, 3.63) is 12.3 Å². The Morgan fingerprint density at radius 3 is 0.935 bits per heavy atom. The minimum atomic E-state index is -2.93. The topological polar surface area (TPSA) is 78.4 Å². The molecule has 7 nitrogen and oxygen atoms in total. The van der Waals surface area contributed by atoms with Gasteiger partial charge in [-0.15, -0.1) is 6.58 Å². The van der Waals surface area contributed by atoms with Gasteiger partial charge in [0, 0.05) is 0 Å². The molecule has 15 heteroatoms. The molecule has 0 aromatic carbocycles. The molecule has 0 aliphatic rings. The summed E-state index contributed by atoms with van der Waals surface area (Å²) in [6, 6.07) is 0. The van der Waals surface area contributed by atoms with E-state index < -0.39 is 59.7 Å². The molecule has 0 unspecified atom stereocenters. The minimum absolute atomic E-state index is 0. The predicted molar refractivity (Wildman–Crippen MR) is 139 cm³/mol. The standard InChI is InChI=1S/C16H45O7Si7.Li/c1-16-24(2,3)18-26(6,7)20-28(10,11)22-30(14,15)23-29(12,13)21-27(8,9)19-25(4,5)17;/h16H,1H2,2-15H3;/q-1;+1. The van der Waals surface area contributed by atoms with E-state index in [9.17, 15) is 4.80 Å².